The Kier molecular flexibility index (Phi) is 7.92. The maximum Gasteiger partial charge on any atom is 0.233 e. The first-order valence-electron chi connectivity index (χ1n) is 9.68. The molecular weight excluding hydrogens is 370 g/mol. The number of carbonyl (C=O) groups excluding carboxylic acids is 1. The van der Waals surface area contributed by atoms with E-state index in [0.29, 0.717) is 23.7 Å². The van der Waals surface area contributed by atoms with E-state index in [2.05, 4.69) is 22.0 Å². The minimum absolute atomic E-state index is 0.323. The van der Waals surface area contributed by atoms with Gasteiger partial charge in [-0.25, -0.2) is 0 Å². The van der Waals surface area contributed by atoms with Crippen molar-refractivity contribution in [3.63, 3.8) is 0 Å². The molecular formula is C18H29N3OS3. The molecule has 2 aliphatic carbocycles. The van der Waals surface area contributed by atoms with Crippen LogP contribution in [-0.4, -0.2) is 44.6 Å². The zero-order chi connectivity index (χ0) is 17.5. The Bertz CT molecular complexity index is 521. The van der Waals surface area contributed by atoms with Crippen molar-refractivity contribution < 1.29 is 4.79 Å². The van der Waals surface area contributed by atoms with Gasteiger partial charge < -0.3 is 4.90 Å². The fourth-order valence-electron chi connectivity index (χ4n) is 4.06. The van der Waals surface area contributed by atoms with Gasteiger partial charge in [-0.2, -0.15) is 0 Å². The summed E-state index contributed by atoms with van der Waals surface area (Å²) in [5.74, 6) is 1.84. The number of aromatic nitrogens is 2. The lowest BCUT2D eigenvalue weighted by molar-refractivity contribution is -0.135. The number of hydrogen-bond donors (Lipinski definition) is 0. The SMILES string of the molecule is CCSc1nnc(SCC(=O)N(C2CCCCC2)C2CCCCC2)s1. The van der Waals surface area contributed by atoms with Crippen molar-refractivity contribution in [2.45, 2.75) is 91.9 Å². The van der Waals surface area contributed by atoms with Crippen molar-refractivity contribution in [2.24, 2.45) is 0 Å². The van der Waals surface area contributed by atoms with Gasteiger partial charge >= 0.3 is 0 Å². The summed E-state index contributed by atoms with van der Waals surface area (Å²) in [6.07, 6.45) is 12.6. The van der Waals surface area contributed by atoms with E-state index >= 15 is 0 Å². The van der Waals surface area contributed by atoms with Crippen molar-refractivity contribution in [3.8, 4) is 0 Å². The Labute approximate surface area is 163 Å². The highest BCUT2D eigenvalue weighted by Gasteiger charge is 2.32. The van der Waals surface area contributed by atoms with E-state index in [1.54, 1.807) is 34.9 Å². The van der Waals surface area contributed by atoms with Gasteiger partial charge in [-0.3, -0.25) is 4.79 Å². The molecule has 0 aromatic carbocycles. The second kappa shape index (κ2) is 10.2. The van der Waals surface area contributed by atoms with Gasteiger partial charge in [0.15, 0.2) is 8.68 Å². The van der Waals surface area contributed by atoms with E-state index < -0.39 is 0 Å². The summed E-state index contributed by atoms with van der Waals surface area (Å²) < 4.78 is 1.94. The van der Waals surface area contributed by atoms with Gasteiger partial charge in [0.25, 0.3) is 0 Å². The molecule has 7 heteroatoms. The molecule has 1 amide bonds. The molecule has 1 heterocycles. The monoisotopic (exact) mass is 399 g/mol. The average Bonchev–Trinajstić information content (AvgIpc) is 3.10. The van der Waals surface area contributed by atoms with Gasteiger partial charge in [-0.05, 0) is 31.4 Å². The number of hydrogen-bond acceptors (Lipinski definition) is 6. The summed E-state index contributed by atoms with van der Waals surface area (Å²) in [6, 6.07) is 0.955. The summed E-state index contributed by atoms with van der Waals surface area (Å²) in [5.41, 5.74) is 0. The van der Waals surface area contributed by atoms with Gasteiger partial charge in [0.05, 0.1) is 5.75 Å². The van der Waals surface area contributed by atoms with E-state index in [0.717, 1.165) is 14.4 Å². The summed E-state index contributed by atoms with van der Waals surface area (Å²) in [5, 5.41) is 8.43. The highest BCUT2D eigenvalue weighted by atomic mass is 32.2. The fourth-order valence-corrected chi connectivity index (χ4v) is 6.85. The van der Waals surface area contributed by atoms with Gasteiger partial charge in [0.1, 0.15) is 0 Å². The third-order valence-corrected chi connectivity index (χ3v) is 8.26. The molecule has 0 aliphatic heterocycles. The van der Waals surface area contributed by atoms with E-state index in [1.165, 1.54) is 64.2 Å². The van der Waals surface area contributed by atoms with Crippen LogP contribution in [0.4, 0.5) is 0 Å². The van der Waals surface area contributed by atoms with Gasteiger partial charge in [0.2, 0.25) is 5.91 Å². The molecule has 2 fully saturated rings. The molecule has 0 N–H and O–H groups in total. The average molecular weight is 400 g/mol. The third-order valence-electron chi connectivity index (χ3n) is 5.20. The minimum atomic E-state index is 0.323. The first kappa shape index (κ1) is 19.5. The van der Waals surface area contributed by atoms with E-state index in [1.807, 2.05) is 0 Å². The zero-order valence-electron chi connectivity index (χ0n) is 15.1. The molecule has 2 aliphatic rings. The Hall–Kier alpha value is -0.270. The largest absolute Gasteiger partial charge is 0.336 e. The molecule has 4 nitrogen and oxygen atoms in total. The molecule has 25 heavy (non-hydrogen) atoms. The van der Waals surface area contributed by atoms with Crippen LogP contribution in [0.3, 0.4) is 0 Å². The Balaban J connectivity index is 1.60. The molecule has 1 aromatic rings. The van der Waals surface area contributed by atoms with Crippen molar-refractivity contribution in [1.29, 1.82) is 0 Å². The molecule has 140 valence electrons. The maximum absolute atomic E-state index is 13.1. The van der Waals surface area contributed by atoms with Crippen LogP contribution < -0.4 is 0 Å². The van der Waals surface area contributed by atoms with Crippen molar-refractivity contribution >= 4 is 40.8 Å². The van der Waals surface area contributed by atoms with Gasteiger partial charge in [-0.15, -0.1) is 10.2 Å². The lowest BCUT2D eigenvalue weighted by Gasteiger charge is -2.41. The van der Waals surface area contributed by atoms with Crippen LogP contribution in [0, 0.1) is 0 Å². The van der Waals surface area contributed by atoms with Crippen molar-refractivity contribution in [1.82, 2.24) is 15.1 Å². The molecule has 2 saturated carbocycles. The molecule has 0 unspecified atom stereocenters. The fraction of sp³-hybridized carbons (Fsp3) is 0.833. The maximum atomic E-state index is 13.1. The van der Waals surface area contributed by atoms with Crippen LogP contribution >= 0.6 is 34.9 Å². The number of rotatable bonds is 7. The third kappa shape index (κ3) is 5.60. The first-order valence-corrected chi connectivity index (χ1v) is 12.5. The van der Waals surface area contributed by atoms with Crippen LogP contribution in [0.2, 0.25) is 0 Å². The molecule has 3 rings (SSSR count). The standard InChI is InChI=1S/C18H29N3OS3/c1-2-23-17-19-20-18(25-17)24-13-16(22)21(14-9-5-3-6-10-14)15-11-7-4-8-12-15/h14-15H,2-13H2,1H3. The highest BCUT2D eigenvalue weighted by Crippen LogP contribution is 2.33. The Morgan fingerprint density at radius 3 is 2.00 bits per heavy atom. The summed E-state index contributed by atoms with van der Waals surface area (Å²) >= 11 is 4.91. The molecule has 0 bridgehead atoms. The molecule has 0 atom stereocenters. The molecule has 0 radical (unpaired) electrons. The summed E-state index contributed by atoms with van der Waals surface area (Å²) in [4.78, 5) is 15.4. The molecule has 0 spiro atoms. The summed E-state index contributed by atoms with van der Waals surface area (Å²) in [6.45, 7) is 2.12. The van der Waals surface area contributed by atoms with Crippen molar-refractivity contribution in [3.05, 3.63) is 0 Å². The van der Waals surface area contributed by atoms with E-state index in [9.17, 15) is 4.79 Å². The predicted molar refractivity (Wildman–Crippen MR) is 108 cm³/mol. The minimum Gasteiger partial charge on any atom is -0.336 e. The van der Waals surface area contributed by atoms with Crippen LogP contribution in [-0.2, 0) is 4.79 Å². The Morgan fingerprint density at radius 2 is 1.48 bits per heavy atom. The predicted octanol–water partition coefficient (Wildman–Crippen LogP) is 5.24. The zero-order valence-corrected chi connectivity index (χ0v) is 17.6. The lowest BCUT2D eigenvalue weighted by atomic mass is 9.88. The summed E-state index contributed by atoms with van der Waals surface area (Å²) in [7, 11) is 0. The topological polar surface area (TPSA) is 46.1 Å². The van der Waals surface area contributed by atoms with Crippen LogP contribution in [0.25, 0.3) is 0 Å². The smallest absolute Gasteiger partial charge is 0.233 e. The van der Waals surface area contributed by atoms with Crippen molar-refractivity contribution in [2.75, 3.05) is 11.5 Å². The number of carbonyl (C=O) groups is 1. The number of amides is 1. The van der Waals surface area contributed by atoms with Gasteiger partial charge in [-0.1, -0.05) is 80.3 Å². The van der Waals surface area contributed by atoms with Crippen LogP contribution in [0.1, 0.15) is 71.1 Å². The number of nitrogens with zero attached hydrogens (tertiary/aromatic N) is 3. The second-order valence-corrected chi connectivity index (χ2v) is 10.7. The second-order valence-electron chi connectivity index (χ2n) is 6.94. The molecule has 0 saturated heterocycles. The van der Waals surface area contributed by atoms with Crippen LogP contribution in [0.5, 0.6) is 0 Å². The van der Waals surface area contributed by atoms with E-state index in [-0.39, 0.29) is 0 Å². The van der Waals surface area contributed by atoms with Crippen LogP contribution in [0.15, 0.2) is 8.68 Å². The highest BCUT2D eigenvalue weighted by molar-refractivity contribution is 8.03. The Morgan fingerprint density at radius 1 is 0.960 bits per heavy atom. The quantitative estimate of drug-likeness (QED) is 0.587. The lowest BCUT2D eigenvalue weighted by Crippen LogP contribution is -2.49. The normalized spacial score (nSPS) is 19.9. The molecule has 1 aromatic heterocycles. The first-order chi connectivity index (χ1) is 12.3. The number of thioether (sulfide) groups is 2. The van der Waals surface area contributed by atoms with E-state index in [4.69, 9.17) is 0 Å². The van der Waals surface area contributed by atoms with Gasteiger partial charge in [0, 0.05) is 12.1 Å².